The van der Waals surface area contributed by atoms with Crippen LogP contribution in [0.15, 0.2) is 36.0 Å². The molecule has 1 aromatic rings. The molecule has 1 aliphatic heterocycles. The minimum absolute atomic E-state index is 0.0543. The molecule has 0 aliphatic carbocycles. The second-order valence-corrected chi connectivity index (χ2v) is 4.30. The molecule has 19 heavy (non-hydrogen) atoms. The first-order valence-electron chi connectivity index (χ1n) is 6.39. The van der Waals surface area contributed by atoms with Crippen LogP contribution in [0.1, 0.15) is 31.9 Å². The summed E-state index contributed by atoms with van der Waals surface area (Å²) in [5, 5.41) is 2.95. The van der Waals surface area contributed by atoms with E-state index in [1.807, 2.05) is 19.1 Å². The summed E-state index contributed by atoms with van der Waals surface area (Å²) in [5.74, 6) is 0.577. The van der Waals surface area contributed by atoms with E-state index < -0.39 is 0 Å². The van der Waals surface area contributed by atoms with Crippen LogP contribution < -0.4 is 5.32 Å². The number of carbonyl (C=O) groups excluding carboxylic acids is 1. The van der Waals surface area contributed by atoms with Crippen molar-refractivity contribution in [3.05, 3.63) is 41.6 Å². The Morgan fingerprint density at radius 2 is 2.05 bits per heavy atom. The molecule has 1 aliphatic rings. The molecule has 2 rings (SSSR count). The van der Waals surface area contributed by atoms with Crippen LogP contribution in [0.3, 0.4) is 0 Å². The monoisotopic (exact) mass is 262 g/mol. The highest BCUT2D eigenvalue weighted by Crippen LogP contribution is 2.18. The van der Waals surface area contributed by atoms with Crippen molar-refractivity contribution in [2.45, 2.75) is 26.3 Å². The van der Waals surface area contributed by atoms with Gasteiger partial charge in [0.2, 0.25) is 5.76 Å². The van der Waals surface area contributed by atoms with E-state index in [9.17, 15) is 4.79 Å². The molecule has 0 radical (unpaired) electrons. The number of ether oxygens (including phenoxy) is 2. The maximum absolute atomic E-state index is 12.2. The molecule has 1 unspecified atom stereocenters. The first-order chi connectivity index (χ1) is 9.22. The van der Waals surface area contributed by atoms with Gasteiger partial charge >= 0.3 is 0 Å². The Balaban J connectivity index is 2.09. The Morgan fingerprint density at radius 1 is 1.37 bits per heavy atom. The lowest BCUT2D eigenvalue weighted by atomic mass is 10.1. The predicted molar refractivity (Wildman–Crippen MR) is 70.0 cm³/mol. The van der Waals surface area contributed by atoms with Gasteiger partial charge in [0.05, 0.1) is 6.04 Å². The number of pyridine rings is 1. The molecule has 5 heteroatoms. The minimum atomic E-state index is -0.235. The van der Waals surface area contributed by atoms with E-state index in [-0.39, 0.29) is 17.7 Å². The van der Waals surface area contributed by atoms with Gasteiger partial charge in [-0.3, -0.25) is 9.78 Å². The zero-order valence-electron chi connectivity index (χ0n) is 11.2. The molecule has 0 bridgehead atoms. The molecule has 0 aromatic carbocycles. The molecule has 1 amide bonds. The average Bonchev–Trinajstić information content (AvgIpc) is 2.46. The van der Waals surface area contributed by atoms with E-state index >= 15 is 0 Å². The summed E-state index contributed by atoms with van der Waals surface area (Å²) in [7, 11) is 0. The first kappa shape index (κ1) is 13.4. The first-order valence-corrected chi connectivity index (χ1v) is 6.39. The fourth-order valence-electron chi connectivity index (χ4n) is 1.97. The van der Waals surface area contributed by atoms with E-state index in [2.05, 4.69) is 10.3 Å². The summed E-state index contributed by atoms with van der Waals surface area (Å²) >= 11 is 0. The number of nitrogens with zero attached hydrogens (tertiary/aromatic N) is 1. The SMILES string of the molecule is CCC(NC(=O)C1=C(C)OCCO1)c1ccncc1. The van der Waals surface area contributed by atoms with Crippen molar-refractivity contribution in [3.8, 4) is 0 Å². The second-order valence-electron chi connectivity index (χ2n) is 4.30. The Hall–Kier alpha value is -2.04. The van der Waals surface area contributed by atoms with Gasteiger partial charge in [-0.1, -0.05) is 6.92 Å². The molecule has 1 N–H and O–H groups in total. The third-order valence-electron chi connectivity index (χ3n) is 3.00. The number of carbonyl (C=O) groups is 1. The highest BCUT2D eigenvalue weighted by atomic mass is 16.6. The van der Waals surface area contributed by atoms with Crippen molar-refractivity contribution in [2.75, 3.05) is 13.2 Å². The Kier molecular flexibility index (Phi) is 4.39. The summed E-state index contributed by atoms with van der Waals surface area (Å²) in [6, 6.07) is 3.74. The van der Waals surface area contributed by atoms with Crippen molar-refractivity contribution in [2.24, 2.45) is 0 Å². The van der Waals surface area contributed by atoms with Crippen LogP contribution in [0.4, 0.5) is 0 Å². The molecule has 1 aromatic heterocycles. The van der Waals surface area contributed by atoms with Gasteiger partial charge in [0, 0.05) is 12.4 Å². The largest absolute Gasteiger partial charge is 0.491 e. The molecular formula is C14H18N2O3. The number of hydrogen-bond donors (Lipinski definition) is 1. The van der Waals surface area contributed by atoms with E-state index in [0.29, 0.717) is 19.0 Å². The van der Waals surface area contributed by atoms with Gasteiger partial charge < -0.3 is 14.8 Å². The quantitative estimate of drug-likeness (QED) is 0.900. The summed E-state index contributed by atoms with van der Waals surface area (Å²) in [5.41, 5.74) is 1.03. The van der Waals surface area contributed by atoms with Crippen molar-refractivity contribution >= 4 is 5.91 Å². The lowest BCUT2D eigenvalue weighted by Crippen LogP contribution is -2.32. The molecule has 0 saturated carbocycles. The van der Waals surface area contributed by atoms with Gasteiger partial charge in [0.1, 0.15) is 19.0 Å². The van der Waals surface area contributed by atoms with E-state index in [4.69, 9.17) is 9.47 Å². The van der Waals surface area contributed by atoms with Gasteiger partial charge in [-0.2, -0.15) is 0 Å². The van der Waals surface area contributed by atoms with Gasteiger partial charge in [-0.25, -0.2) is 0 Å². The van der Waals surface area contributed by atoms with E-state index in [1.165, 1.54) is 0 Å². The summed E-state index contributed by atoms with van der Waals surface area (Å²) in [6.07, 6.45) is 4.23. The molecule has 5 nitrogen and oxygen atoms in total. The summed E-state index contributed by atoms with van der Waals surface area (Å²) < 4.78 is 10.7. The zero-order valence-corrected chi connectivity index (χ0v) is 11.2. The fourth-order valence-corrected chi connectivity index (χ4v) is 1.97. The average molecular weight is 262 g/mol. The molecule has 2 heterocycles. The fraction of sp³-hybridized carbons (Fsp3) is 0.429. The normalized spacial score (nSPS) is 16.3. The van der Waals surface area contributed by atoms with Crippen LogP contribution in [0.2, 0.25) is 0 Å². The van der Waals surface area contributed by atoms with Crippen LogP contribution >= 0.6 is 0 Å². The maximum atomic E-state index is 12.2. The number of allylic oxidation sites excluding steroid dienone is 1. The van der Waals surface area contributed by atoms with Crippen molar-refractivity contribution in [3.63, 3.8) is 0 Å². The molecule has 0 fully saturated rings. The summed E-state index contributed by atoms with van der Waals surface area (Å²) in [4.78, 5) is 16.1. The van der Waals surface area contributed by atoms with E-state index in [0.717, 1.165) is 12.0 Å². The van der Waals surface area contributed by atoms with Gasteiger partial charge in [-0.05, 0) is 31.0 Å². The van der Waals surface area contributed by atoms with Crippen molar-refractivity contribution < 1.29 is 14.3 Å². The van der Waals surface area contributed by atoms with Crippen LogP contribution in [0.25, 0.3) is 0 Å². The molecule has 0 saturated heterocycles. The highest BCUT2D eigenvalue weighted by Gasteiger charge is 2.22. The molecule has 102 valence electrons. The molecular weight excluding hydrogens is 244 g/mol. The van der Waals surface area contributed by atoms with Crippen LogP contribution in [0.5, 0.6) is 0 Å². The highest BCUT2D eigenvalue weighted by molar-refractivity contribution is 5.92. The number of nitrogens with one attached hydrogen (secondary N) is 1. The summed E-state index contributed by atoms with van der Waals surface area (Å²) in [6.45, 7) is 4.66. The lowest BCUT2D eigenvalue weighted by Gasteiger charge is -2.22. The third-order valence-corrected chi connectivity index (χ3v) is 3.00. The van der Waals surface area contributed by atoms with Gasteiger partial charge in [0.25, 0.3) is 5.91 Å². The molecule has 1 atom stereocenters. The van der Waals surface area contributed by atoms with E-state index in [1.54, 1.807) is 19.3 Å². The van der Waals surface area contributed by atoms with Crippen molar-refractivity contribution in [1.82, 2.24) is 10.3 Å². The standard InChI is InChI=1S/C14H18N2O3/c1-3-12(11-4-6-15-7-5-11)16-14(17)13-10(2)18-8-9-19-13/h4-7,12H,3,8-9H2,1-2H3,(H,16,17). The van der Waals surface area contributed by atoms with Gasteiger partial charge in [-0.15, -0.1) is 0 Å². The van der Waals surface area contributed by atoms with Crippen molar-refractivity contribution in [1.29, 1.82) is 0 Å². The number of hydrogen-bond acceptors (Lipinski definition) is 4. The Bertz CT molecular complexity index is 471. The molecule has 0 spiro atoms. The third kappa shape index (κ3) is 3.24. The maximum Gasteiger partial charge on any atom is 0.290 e. The van der Waals surface area contributed by atoms with Crippen LogP contribution in [-0.4, -0.2) is 24.1 Å². The second kappa shape index (κ2) is 6.22. The lowest BCUT2D eigenvalue weighted by molar-refractivity contribution is -0.123. The Labute approximate surface area is 112 Å². The zero-order chi connectivity index (χ0) is 13.7. The van der Waals surface area contributed by atoms with Crippen LogP contribution in [-0.2, 0) is 14.3 Å². The topological polar surface area (TPSA) is 60.5 Å². The predicted octanol–water partition coefficient (Wildman–Crippen LogP) is 1.93. The van der Waals surface area contributed by atoms with Gasteiger partial charge in [0.15, 0.2) is 0 Å². The van der Waals surface area contributed by atoms with Crippen LogP contribution in [0, 0.1) is 0 Å². The Morgan fingerprint density at radius 3 is 2.68 bits per heavy atom. The number of aromatic nitrogens is 1. The number of amides is 1. The smallest absolute Gasteiger partial charge is 0.290 e. The number of rotatable bonds is 4. The minimum Gasteiger partial charge on any atom is -0.491 e.